The maximum absolute atomic E-state index is 12.9. The average molecular weight is 413 g/mol. The Morgan fingerprint density at radius 3 is 2.62 bits per heavy atom. The van der Waals surface area contributed by atoms with Gasteiger partial charge in [0.25, 0.3) is 5.91 Å². The first-order valence-electron chi connectivity index (χ1n) is 8.99. The van der Waals surface area contributed by atoms with Gasteiger partial charge in [-0.1, -0.05) is 18.2 Å². The van der Waals surface area contributed by atoms with Crippen LogP contribution in [0.1, 0.15) is 21.6 Å². The minimum Gasteiger partial charge on any atom is -0.487 e. The number of carbonyl (C=O) groups excluding carboxylic acids is 2. The zero-order valence-corrected chi connectivity index (χ0v) is 16.4. The number of rotatable bonds is 9. The SMILES string of the molecule is O=C(Cc1ccc(F)cc1)NCCNC(=O)c1cccc(OCc2cscn2)c1. The molecular formula is C21H20FN3O3S. The van der Waals surface area contributed by atoms with E-state index in [2.05, 4.69) is 15.6 Å². The number of aromatic nitrogens is 1. The van der Waals surface area contributed by atoms with E-state index in [-0.39, 0.29) is 30.6 Å². The predicted molar refractivity (Wildman–Crippen MR) is 108 cm³/mol. The molecular weight excluding hydrogens is 393 g/mol. The van der Waals surface area contributed by atoms with Crippen LogP contribution < -0.4 is 15.4 Å². The molecule has 150 valence electrons. The highest BCUT2D eigenvalue weighted by molar-refractivity contribution is 7.07. The number of amides is 2. The fraction of sp³-hybridized carbons (Fsp3) is 0.190. The molecule has 1 heterocycles. The Labute approximate surface area is 171 Å². The third kappa shape index (κ3) is 6.69. The van der Waals surface area contributed by atoms with Crippen molar-refractivity contribution in [1.29, 1.82) is 0 Å². The lowest BCUT2D eigenvalue weighted by Crippen LogP contribution is -2.35. The van der Waals surface area contributed by atoms with Crippen molar-refractivity contribution in [2.45, 2.75) is 13.0 Å². The van der Waals surface area contributed by atoms with Crippen molar-refractivity contribution in [2.75, 3.05) is 13.1 Å². The summed E-state index contributed by atoms with van der Waals surface area (Å²) in [5, 5.41) is 7.38. The standard InChI is InChI=1S/C21H20FN3O3S/c22-17-6-4-15(5-7-17)10-20(26)23-8-9-24-21(27)16-2-1-3-19(11-16)28-12-18-13-29-14-25-18/h1-7,11,13-14H,8-10,12H2,(H,23,26)(H,24,27). The molecule has 0 bridgehead atoms. The molecule has 0 aliphatic carbocycles. The number of hydrogen-bond donors (Lipinski definition) is 2. The van der Waals surface area contributed by atoms with Gasteiger partial charge in [-0.05, 0) is 35.9 Å². The Hall–Kier alpha value is -3.26. The first kappa shape index (κ1) is 20.5. The highest BCUT2D eigenvalue weighted by atomic mass is 32.1. The van der Waals surface area contributed by atoms with E-state index >= 15 is 0 Å². The maximum Gasteiger partial charge on any atom is 0.251 e. The Bertz CT molecular complexity index is 946. The first-order chi connectivity index (χ1) is 14.1. The summed E-state index contributed by atoms with van der Waals surface area (Å²) in [6.45, 7) is 0.929. The van der Waals surface area contributed by atoms with E-state index in [4.69, 9.17) is 4.74 Å². The minimum absolute atomic E-state index is 0.159. The lowest BCUT2D eigenvalue weighted by atomic mass is 10.1. The molecule has 0 spiro atoms. The first-order valence-corrected chi connectivity index (χ1v) is 9.94. The summed E-state index contributed by atoms with van der Waals surface area (Å²) in [6.07, 6.45) is 0.159. The summed E-state index contributed by atoms with van der Waals surface area (Å²) in [5.41, 5.74) is 3.77. The fourth-order valence-corrected chi connectivity index (χ4v) is 3.07. The lowest BCUT2D eigenvalue weighted by Gasteiger charge is -2.09. The van der Waals surface area contributed by atoms with Crippen molar-refractivity contribution in [2.24, 2.45) is 0 Å². The second-order valence-electron chi connectivity index (χ2n) is 6.21. The molecule has 1 aromatic heterocycles. The van der Waals surface area contributed by atoms with Gasteiger partial charge in [-0.2, -0.15) is 0 Å². The lowest BCUT2D eigenvalue weighted by molar-refractivity contribution is -0.120. The van der Waals surface area contributed by atoms with Gasteiger partial charge in [0.2, 0.25) is 5.91 Å². The fourth-order valence-electron chi connectivity index (χ4n) is 2.52. The van der Waals surface area contributed by atoms with Crippen LogP contribution in [0.15, 0.2) is 59.4 Å². The van der Waals surface area contributed by atoms with Crippen LogP contribution >= 0.6 is 11.3 Å². The summed E-state index contributed by atoms with van der Waals surface area (Å²) in [6, 6.07) is 12.6. The van der Waals surface area contributed by atoms with Crippen LogP contribution in [0.25, 0.3) is 0 Å². The van der Waals surface area contributed by atoms with Gasteiger partial charge in [-0.3, -0.25) is 9.59 Å². The number of thiazole rings is 1. The van der Waals surface area contributed by atoms with Crippen LogP contribution in [0.3, 0.4) is 0 Å². The summed E-state index contributed by atoms with van der Waals surface area (Å²) >= 11 is 1.50. The molecule has 0 saturated heterocycles. The molecule has 0 aliphatic heterocycles. The summed E-state index contributed by atoms with van der Waals surface area (Å²) < 4.78 is 18.5. The molecule has 0 fully saturated rings. The van der Waals surface area contributed by atoms with Crippen LogP contribution in [0.2, 0.25) is 0 Å². The zero-order chi connectivity index (χ0) is 20.5. The van der Waals surface area contributed by atoms with Crippen LogP contribution in [0.5, 0.6) is 5.75 Å². The molecule has 0 aliphatic rings. The Kier molecular flexibility index (Phi) is 7.29. The monoisotopic (exact) mass is 413 g/mol. The van der Waals surface area contributed by atoms with Gasteiger partial charge in [0.1, 0.15) is 18.2 Å². The summed E-state index contributed by atoms with van der Waals surface area (Å²) in [5.74, 6) is -0.201. The van der Waals surface area contributed by atoms with Gasteiger partial charge >= 0.3 is 0 Å². The average Bonchev–Trinajstić information content (AvgIpc) is 3.25. The molecule has 0 radical (unpaired) electrons. The number of halogens is 1. The molecule has 3 aromatic rings. The van der Waals surface area contributed by atoms with Crippen LogP contribution in [0, 0.1) is 5.82 Å². The molecule has 2 aromatic carbocycles. The zero-order valence-electron chi connectivity index (χ0n) is 15.6. The van der Waals surface area contributed by atoms with E-state index in [0.717, 1.165) is 11.3 Å². The molecule has 0 unspecified atom stereocenters. The topological polar surface area (TPSA) is 80.3 Å². The van der Waals surface area contributed by atoms with Crippen molar-refractivity contribution in [3.63, 3.8) is 0 Å². The number of ether oxygens (including phenoxy) is 1. The highest BCUT2D eigenvalue weighted by Crippen LogP contribution is 2.15. The molecule has 0 atom stereocenters. The number of nitrogens with zero attached hydrogens (tertiary/aromatic N) is 1. The van der Waals surface area contributed by atoms with Gasteiger partial charge < -0.3 is 15.4 Å². The normalized spacial score (nSPS) is 10.4. The van der Waals surface area contributed by atoms with E-state index in [1.54, 1.807) is 41.9 Å². The van der Waals surface area contributed by atoms with E-state index < -0.39 is 0 Å². The number of carbonyl (C=O) groups is 2. The molecule has 2 N–H and O–H groups in total. The van der Waals surface area contributed by atoms with E-state index in [9.17, 15) is 14.0 Å². The van der Waals surface area contributed by atoms with Crippen molar-refractivity contribution in [1.82, 2.24) is 15.6 Å². The van der Waals surface area contributed by atoms with E-state index in [0.29, 0.717) is 24.5 Å². The van der Waals surface area contributed by atoms with Gasteiger partial charge in [-0.15, -0.1) is 11.3 Å². The smallest absolute Gasteiger partial charge is 0.251 e. The Balaban J connectivity index is 1.39. The second-order valence-corrected chi connectivity index (χ2v) is 6.92. The number of nitrogens with one attached hydrogen (secondary N) is 2. The second kappa shape index (κ2) is 10.3. The minimum atomic E-state index is -0.338. The van der Waals surface area contributed by atoms with Crippen LogP contribution in [-0.2, 0) is 17.8 Å². The molecule has 3 rings (SSSR count). The van der Waals surface area contributed by atoms with Crippen molar-refractivity contribution in [3.8, 4) is 5.75 Å². The quantitative estimate of drug-likeness (QED) is 0.529. The molecule has 0 saturated carbocycles. The van der Waals surface area contributed by atoms with Crippen molar-refractivity contribution >= 4 is 23.2 Å². The maximum atomic E-state index is 12.9. The van der Waals surface area contributed by atoms with Gasteiger partial charge in [0.15, 0.2) is 0 Å². The summed E-state index contributed by atoms with van der Waals surface area (Å²) in [7, 11) is 0. The Morgan fingerprint density at radius 2 is 1.86 bits per heavy atom. The molecule has 6 nitrogen and oxygen atoms in total. The van der Waals surface area contributed by atoms with Gasteiger partial charge in [-0.25, -0.2) is 9.37 Å². The van der Waals surface area contributed by atoms with Crippen molar-refractivity contribution in [3.05, 3.63) is 82.1 Å². The van der Waals surface area contributed by atoms with Crippen LogP contribution in [-0.4, -0.2) is 29.9 Å². The largest absolute Gasteiger partial charge is 0.487 e. The van der Waals surface area contributed by atoms with Crippen molar-refractivity contribution < 1.29 is 18.7 Å². The Morgan fingerprint density at radius 1 is 1.07 bits per heavy atom. The van der Waals surface area contributed by atoms with E-state index in [1.807, 2.05) is 5.38 Å². The summed E-state index contributed by atoms with van der Waals surface area (Å²) in [4.78, 5) is 28.3. The third-order valence-electron chi connectivity index (χ3n) is 3.98. The molecule has 2 amide bonds. The molecule has 29 heavy (non-hydrogen) atoms. The van der Waals surface area contributed by atoms with E-state index in [1.165, 1.54) is 23.5 Å². The third-order valence-corrected chi connectivity index (χ3v) is 4.61. The number of hydrogen-bond acceptors (Lipinski definition) is 5. The predicted octanol–water partition coefficient (Wildman–Crippen LogP) is 2.95. The number of benzene rings is 2. The van der Waals surface area contributed by atoms with Gasteiger partial charge in [0, 0.05) is 24.0 Å². The molecule has 8 heteroatoms. The highest BCUT2D eigenvalue weighted by Gasteiger charge is 2.08. The van der Waals surface area contributed by atoms with Gasteiger partial charge in [0.05, 0.1) is 17.6 Å². The van der Waals surface area contributed by atoms with Crippen LogP contribution in [0.4, 0.5) is 4.39 Å².